The van der Waals surface area contributed by atoms with Crippen LogP contribution in [0, 0.1) is 0 Å². The van der Waals surface area contributed by atoms with E-state index in [-0.39, 0.29) is 0 Å². The van der Waals surface area contributed by atoms with Crippen LogP contribution in [-0.2, 0) is 0 Å². The number of fused-ring (bicyclic) bond motifs is 12. The van der Waals surface area contributed by atoms with E-state index in [1.807, 2.05) is 0 Å². The highest BCUT2D eigenvalue weighted by Crippen LogP contribution is 2.38. The minimum Gasteiger partial charge on any atom is -0.356 e. The van der Waals surface area contributed by atoms with E-state index in [2.05, 4.69) is 193 Å². The molecule has 0 unspecified atom stereocenters. The Hall–Kier alpha value is -6.64. The zero-order valence-corrected chi connectivity index (χ0v) is 27.3. The minimum atomic E-state index is 1.06. The quantitative estimate of drug-likeness (QED) is 0.184. The largest absolute Gasteiger partial charge is 0.356 e. The molecule has 0 aliphatic rings. The average Bonchev–Trinajstić information content (AvgIpc) is 3.19. The topological polar surface area (TPSA) is 24.1 Å². The van der Waals surface area contributed by atoms with E-state index >= 15 is 0 Å². The van der Waals surface area contributed by atoms with Crippen molar-refractivity contribution in [3.8, 4) is 11.1 Å². The standard InChI is InChI=1S/C48H32N2/c1-3-13-41-37(9-1)39-11-5-7-15-43(39)47-29-35(25-27-45(41)47)49-33-21-17-31(18-22-33)32-19-23-34(24-20-32)50-36-26-28-46-42-14-4-2-10-38(42)40-12-6-8-16-44(40)48(46)30-36/h1-30,49-50H. The summed E-state index contributed by atoms with van der Waals surface area (Å²) in [5.74, 6) is 0. The van der Waals surface area contributed by atoms with E-state index in [9.17, 15) is 0 Å². The summed E-state index contributed by atoms with van der Waals surface area (Å²) in [5.41, 5.74) is 6.65. The van der Waals surface area contributed by atoms with E-state index < -0.39 is 0 Å². The molecule has 0 atom stereocenters. The van der Waals surface area contributed by atoms with Crippen LogP contribution in [0.1, 0.15) is 0 Å². The molecule has 0 saturated heterocycles. The Kier molecular flexibility index (Phi) is 6.53. The van der Waals surface area contributed by atoms with Gasteiger partial charge >= 0.3 is 0 Å². The molecule has 0 radical (unpaired) electrons. The number of hydrogen-bond donors (Lipinski definition) is 2. The average molecular weight is 637 g/mol. The van der Waals surface area contributed by atoms with Crippen molar-refractivity contribution < 1.29 is 0 Å². The first-order valence-electron chi connectivity index (χ1n) is 17.2. The fraction of sp³-hybridized carbons (Fsp3) is 0. The van der Waals surface area contributed by atoms with Crippen molar-refractivity contribution in [3.63, 3.8) is 0 Å². The second-order valence-corrected chi connectivity index (χ2v) is 13.1. The Morgan fingerprint density at radius 1 is 0.200 bits per heavy atom. The normalized spacial score (nSPS) is 11.6. The van der Waals surface area contributed by atoms with Crippen LogP contribution in [0.25, 0.3) is 75.8 Å². The summed E-state index contributed by atoms with van der Waals surface area (Å²) in [6, 6.07) is 65.7. The number of benzene rings is 10. The SMILES string of the molecule is c1ccc2c(c1)c1ccccc1c1cc(Nc3ccc(-c4ccc(Nc5ccc6c7ccccc7c7ccccc7c6c5)cc4)cc3)ccc21. The first kappa shape index (κ1) is 28.4. The van der Waals surface area contributed by atoms with Gasteiger partial charge in [0.15, 0.2) is 0 Å². The van der Waals surface area contributed by atoms with Gasteiger partial charge in [0, 0.05) is 22.7 Å². The van der Waals surface area contributed by atoms with Crippen LogP contribution in [0.2, 0.25) is 0 Å². The predicted molar refractivity (Wildman–Crippen MR) is 216 cm³/mol. The number of nitrogens with one attached hydrogen (secondary N) is 2. The molecule has 0 aliphatic heterocycles. The summed E-state index contributed by atoms with van der Waals surface area (Å²) in [5, 5.41) is 22.7. The third kappa shape index (κ3) is 4.73. The Labute approximate surface area is 290 Å². The third-order valence-corrected chi connectivity index (χ3v) is 10.2. The molecule has 0 amide bonds. The second-order valence-electron chi connectivity index (χ2n) is 13.1. The number of hydrogen-bond acceptors (Lipinski definition) is 2. The van der Waals surface area contributed by atoms with Gasteiger partial charge in [0.25, 0.3) is 0 Å². The van der Waals surface area contributed by atoms with Crippen molar-refractivity contribution in [3.05, 3.63) is 182 Å². The fourth-order valence-corrected chi connectivity index (χ4v) is 7.80. The molecule has 10 aromatic rings. The molecule has 0 aromatic heterocycles. The highest BCUT2D eigenvalue weighted by molar-refractivity contribution is 6.26. The fourth-order valence-electron chi connectivity index (χ4n) is 7.80. The number of anilines is 4. The van der Waals surface area contributed by atoms with Gasteiger partial charge in [0.05, 0.1) is 0 Å². The Morgan fingerprint density at radius 3 is 0.740 bits per heavy atom. The van der Waals surface area contributed by atoms with E-state index in [0.29, 0.717) is 0 Å². The highest BCUT2D eigenvalue weighted by atomic mass is 14.9. The maximum absolute atomic E-state index is 3.65. The minimum absolute atomic E-state index is 1.06. The highest BCUT2D eigenvalue weighted by Gasteiger charge is 2.11. The molecule has 234 valence electrons. The van der Waals surface area contributed by atoms with Gasteiger partial charge in [-0.2, -0.15) is 0 Å². The van der Waals surface area contributed by atoms with Crippen LogP contribution < -0.4 is 10.6 Å². The van der Waals surface area contributed by atoms with Gasteiger partial charge in [0.2, 0.25) is 0 Å². The predicted octanol–water partition coefficient (Wildman–Crippen LogP) is 13.8. The molecule has 0 fully saturated rings. The molecule has 50 heavy (non-hydrogen) atoms. The van der Waals surface area contributed by atoms with Crippen molar-refractivity contribution in [1.29, 1.82) is 0 Å². The molecular formula is C48H32N2. The summed E-state index contributed by atoms with van der Waals surface area (Å²) < 4.78 is 0. The molecule has 0 spiro atoms. The molecular weight excluding hydrogens is 605 g/mol. The summed E-state index contributed by atoms with van der Waals surface area (Å²) in [7, 11) is 0. The molecule has 2 nitrogen and oxygen atoms in total. The molecule has 2 N–H and O–H groups in total. The molecule has 10 aromatic carbocycles. The van der Waals surface area contributed by atoms with Gasteiger partial charge in [-0.3, -0.25) is 0 Å². The molecule has 0 bridgehead atoms. The monoisotopic (exact) mass is 636 g/mol. The molecule has 10 rings (SSSR count). The lowest BCUT2D eigenvalue weighted by molar-refractivity contribution is 1.54. The van der Waals surface area contributed by atoms with Crippen LogP contribution in [0.5, 0.6) is 0 Å². The van der Waals surface area contributed by atoms with E-state index in [1.165, 1.54) is 75.8 Å². The lowest BCUT2D eigenvalue weighted by Gasteiger charge is -2.14. The van der Waals surface area contributed by atoms with Gasteiger partial charge in [0.1, 0.15) is 0 Å². The molecule has 0 saturated carbocycles. The Balaban J connectivity index is 0.902. The van der Waals surface area contributed by atoms with Crippen LogP contribution in [0.15, 0.2) is 182 Å². The first-order chi connectivity index (χ1) is 24.8. The zero-order valence-electron chi connectivity index (χ0n) is 27.3. The summed E-state index contributed by atoms with van der Waals surface area (Å²) in [4.78, 5) is 0. The Bertz CT molecular complexity index is 2630. The van der Waals surface area contributed by atoms with Crippen molar-refractivity contribution in [2.24, 2.45) is 0 Å². The van der Waals surface area contributed by atoms with Gasteiger partial charge in [-0.1, -0.05) is 133 Å². The zero-order chi connectivity index (χ0) is 33.0. The molecule has 0 aliphatic carbocycles. The van der Waals surface area contributed by atoms with Crippen LogP contribution in [-0.4, -0.2) is 0 Å². The lowest BCUT2D eigenvalue weighted by Crippen LogP contribution is -1.92. The second kappa shape index (κ2) is 11.5. The molecule has 2 heteroatoms. The van der Waals surface area contributed by atoms with E-state index in [1.54, 1.807) is 0 Å². The molecule has 0 heterocycles. The maximum atomic E-state index is 3.65. The van der Waals surface area contributed by atoms with Gasteiger partial charge in [-0.05, 0) is 124 Å². The lowest BCUT2D eigenvalue weighted by atomic mass is 9.94. The summed E-state index contributed by atoms with van der Waals surface area (Å²) in [6.45, 7) is 0. The van der Waals surface area contributed by atoms with Gasteiger partial charge in [-0.25, -0.2) is 0 Å². The van der Waals surface area contributed by atoms with Crippen LogP contribution in [0.4, 0.5) is 22.7 Å². The van der Waals surface area contributed by atoms with Crippen molar-refractivity contribution in [1.82, 2.24) is 0 Å². The van der Waals surface area contributed by atoms with Gasteiger partial charge < -0.3 is 10.6 Å². The number of rotatable bonds is 5. The van der Waals surface area contributed by atoms with Crippen LogP contribution >= 0.6 is 0 Å². The maximum Gasteiger partial charge on any atom is 0.0390 e. The smallest absolute Gasteiger partial charge is 0.0390 e. The summed E-state index contributed by atoms with van der Waals surface area (Å²) >= 11 is 0. The van der Waals surface area contributed by atoms with Crippen molar-refractivity contribution in [2.75, 3.05) is 10.6 Å². The summed E-state index contributed by atoms with van der Waals surface area (Å²) in [6.07, 6.45) is 0. The van der Waals surface area contributed by atoms with Gasteiger partial charge in [-0.15, -0.1) is 0 Å². The van der Waals surface area contributed by atoms with Crippen molar-refractivity contribution in [2.45, 2.75) is 0 Å². The van der Waals surface area contributed by atoms with E-state index in [4.69, 9.17) is 0 Å². The van der Waals surface area contributed by atoms with Crippen molar-refractivity contribution >= 4 is 87.4 Å². The third-order valence-electron chi connectivity index (χ3n) is 10.2. The van der Waals surface area contributed by atoms with Crippen LogP contribution in [0.3, 0.4) is 0 Å². The van der Waals surface area contributed by atoms with E-state index in [0.717, 1.165) is 22.7 Å². The Morgan fingerprint density at radius 2 is 0.440 bits per heavy atom. The first-order valence-corrected chi connectivity index (χ1v) is 17.2.